The standard InChI is InChI=1S/C26H22N2O4/c1-2-26-19-12-5-3-10-17(19)21(18-11-4-6-13-20(18)26)22-23(26)25(30)27(24(22)29)15-8-7-9-16(14-15)28(31)32/h3-14,21-23,28,31H,2H2,1H3/t21?,22-,23+,26?/m1/s1. The first kappa shape index (κ1) is 19.4. The molecule has 1 unspecified atom stereocenters. The summed E-state index contributed by atoms with van der Waals surface area (Å²) in [7, 11) is 0. The van der Waals surface area contributed by atoms with Crippen molar-refractivity contribution in [3.63, 3.8) is 0 Å². The van der Waals surface area contributed by atoms with E-state index in [1.54, 1.807) is 12.1 Å². The Balaban J connectivity index is 1.60. The minimum atomic E-state index is -1.09. The summed E-state index contributed by atoms with van der Waals surface area (Å²) >= 11 is 0. The van der Waals surface area contributed by atoms with Crippen molar-refractivity contribution in [2.75, 3.05) is 4.90 Å². The Hall–Kier alpha value is -3.32. The van der Waals surface area contributed by atoms with Crippen LogP contribution in [0.2, 0.25) is 0 Å². The largest absolute Gasteiger partial charge is 0.595 e. The molecule has 0 spiro atoms. The number of nitrogens with one attached hydrogen (secondary N) is 1. The number of rotatable bonds is 3. The number of imide groups is 1. The SMILES string of the molecule is CCC12c3ccccc3C(c3ccccc31)[C@H]1C(=O)N(c3cccc([NH+]([O-])O)c3)C(=O)[C@H]12. The topological polar surface area (TPSA) is 85.1 Å². The van der Waals surface area contributed by atoms with Gasteiger partial charge in [-0.3, -0.25) is 9.59 Å². The van der Waals surface area contributed by atoms with Crippen molar-refractivity contribution in [1.29, 1.82) is 0 Å². The zero-order chi connectivity index (χ0) is 22.2. The molecule has 0 radical (unpaired) electrons. The van der Waals surface area contributed by atoms with Crippen molar-refractivity contribution in [3.8, 4) is 0 Å². The molecular formula is C26H22N2O4. The molecule has 4 aliphatic rings. The van der Waals surface area contributed by atoms with Crippen LogP contribution in [0.5, 0.6) is 0 Å². The maximum Gasteiger partial charge on any atom is 0.238 e. The molecule has 160 valence electrons. The van der Waals surface area contributed by atoms with Crippen molar-refractivity contribution in [2.45, 2.75) is 24.7 Å². The molecule has 6 heteroatoms. The van der Waals surface area contributed by atoms with E-state index in [9.17, 15) is 20.0 Å². The number of benzene rings is 3. The molecule has 1 aliphatic heterocycles. The lowest BCUT2D eigenvalue weighted by Gasteiger charge is -2.54. The van der Waals surface area contributed by atoms with Gasteiger partial charge in [-0.1, -0.05) is 61.5 Å². The van der Waals surface area contributed by atoms with Gasteiger partial charge in [0, 0.05) is 23.5 Å². The summed E-state index contributed by atoms with van der Waals surface area (Å²) in [4.78, 5) is 29.1. The quantitative estimate of drug-likeness (QED) is 0.498. The Morgan fingerprint density at radius 1 is 0.938 bits per heavy atom. The van der Waals surface area contributed by atoms with Gasteiger partial charge in [-0.25, -0.2) is 10.1 Å². The predicted octanol–water partition coefficient (Wildman–Crippen LogP) is 3.05. The zero-order valence-electron chi connectivity index (χ0n) is 17.5. The van der Waals surface area contributed by atoms with E-state index in [-0.39, 0.29) is 23.4 Å². The van der Waals surface area contributed by atoms with Crippen LogP contribution in [0.15, 0.2) is 72.8 Å². The van der Waals surface area contributed by atoms with Gasteiger partial charge in [0.05, 0.1) is 17.5 Å². The van der Waals surface area contributed by atoms with Crippen LogP contribution in [-0.2, 0) is 15.0 Å². The highest BCUT2D eigenvalue weighted by atomic mass is 16.8. The fourth-order valence-corrected chi connectivity index (χ4v) is 6.56. The van der Waals surface area contributed by atoms with E-state index in [0.29, 0.717) is 12.1 Å². The number of hydrogen-bond donors (Lipinski definition) is 2. The van der Waals surface area contributed by atoms with Gasteiger partial charge in [-0.2, -0.15) is 5.23 Å². The first-order valence-corrected chi connectivity index (χ1v) is 10.9. The molecule has 32 heavy (non-hydrogen) atoms. The summed E-state index contributed by atoms with van der Waals surface area (Å²) in [6.45, 7) is 2.09. The van der Waals surface area contributed by atoms with E-state index in [2.05, 4.69) is 31.2 Å². The highest BCUT2D eigenvalue weighted by molar-refractivity contribution is 6.23. The van der Waals surface area contributed by atoms with Gasteiger partial charge < -0.3 is 5.21 Å². The summed E-state index contributed by atoms with van der Waals surface area (Å²) in [5.74, 6) is -1.68. The minimum Gasteiger partial charge on any atom is -0.595 e. The number of amides is 2. The van der Waals surface area contributed by atoms with Crippen LogP contribution in [0.25, 0.3) is 0 Å². The number of nitrogens with zero attached hydrogens (tertiary/aromatic N) is 1. The molecule has 2 amide bonds. The zero-order valence-corrected chi connectivity index (χ0v) is 17.5. The first-order chi connectivity index (χ1) is 15.5. The van der Waals surface area contributed by atoms with Gasteiger partial charge >= 0.3 is 0 Å². The fourth-order valence-electron chi connectivity index (χ4n) is 6.56. The van der Waals surface area contributed by atoms with Crippen molar-refractivity contribution >= 4 is 23.2 Å². The van der Waals surface area contributed by atoms with Gasteiger partial charge in [0.25, 0.3) is 0 Å². The van der Waals surface area contributed by atoms with Crippen molar-refractivity contribution in [2.24, 2.45) is 11.8 Å². The number of carbonyl (C=O) groups is 2. The summed E-state index contributed by atoms with van der Waals surface area (Å²) in [5.41, 5.74) is 4.31. The smallest absolute Gasteiger partial charge is 0.238 e. The van der Waals surface area contributed by atoms with E-state index in [1.807, 2.05) is 24.3 Å². The Kier molecular flexibility index (Phi) is 3.99. The first-order valence-electron chi connectivity index (χ1n) is 10.9. The summed E-state index contributed by atoms with van der Waals surface area (Å²) in [6, 6.07) is 22.5. The van der Waals surface area contributed by atoms with Crippen LogP contribution in [0.4, 0.5) is 11.4 Å². The molecule has 1 heterocycles. The number of carbonyl (C=O) groups excluding carboxylic acids is 2. The molecule has 6 nitrogen and oxygen atoms in total. The molecule has 3 aromatic carbocycles. The lowest BCUT2D eigenvalue weighted by Crippen LogP contribution is -2.99. The molecule has 1 fully saturated rings. The Labute approximate surface area is 185 Å². The third kappa shape index (κ3) is 2.19. The van der Waals surface area contributed by atoms with Crippen molar-refractivity contribution in [3.05, 3.63) is 100 Å². The Bertz CT molecular complexity index is 1240. The number of anilines is 1. The van der Waals surface area contributed by atoms with Gasteiger partial charge in [-0.15, -0.1) is 0 Å². The van der Waals surface area contributed by atoms with Crippen LogP contribution >= 0.6 is 0 Å². The second kappa shape index (κ2) is 6.59. The van der Waals surface area contributed by atoms with E-state index >= 15 is 0 Å². The van der Waals surface area contributed by atoms with Crippen LogP contribution in [0.3, 0.4) is 0 Å². The highest BCUT2D eigenvalue weighted by Gasteiger charge is 2.67. The predicted molar refractivity (Wildman–Crippen MR) is 117 cm³/mol. The average molecular weight is 426 g/mol. The molecular weight excluding hydrogens is 404 g/mol. The van der Waals surface area contributed by atoms with Crippen LogP contribution < -0.4 is 10.1 Å². The monoisotopic (exact) mass is 426 g/mol. The van der Waals surface area contributed by atoms with Gasteiger partial charge in [0.2, 0.25) is 11.8 Å². The van der Waals surface area contributed by atoms with E-state index < -0.39 is 22.5 Å². The second-order valence-electron chi connectivity index (χ2n) is 8.85. The molecule has 3 atom stereocenters. The lowest BCUT2D eigenvalue weighted by molar-refractivity contribution is -0.991. The minimum absolute atomic E-state index is 0.0534. The van der Waals surface area contributed by atoms with Crippen molar-refractivity contribution in [1.82, 2.24) is 0 Å². The van der Waals surface area contributed by atoms with Crippen molar-refractivity contribution < 1.29 is 20.0 Å². The fraction of sp³-hybridized carbons (Fsp3) is 0.231. The second-order valence-corrected chi connectivity index (χ2v) is 8.85. The van der Waals surface area contributed by atoms with Gasteiger partial charge in [0.1, 0.15) is 0 Å². The molecule has 3 aromatic rings. The molecule has 1 saturated heterocycles. The third-order valence-electron chi connectivity index (χ3n) is 7.70. The lowest BCUT2D eigenvalue weighted by atomic mass is 9.46. The van der Waals surface area contributed by atoms with Crippen LogP contribution in [0.1, 0.15) is 41.5 Å². The van der Waals surface area contributed by atoms with E-state index in [4.69, 9.17) is 0 Å². The Morgan fingerprint density at radius 2 is 1.56 bits per heavy atom. The molecule has 2 N–H and O–H groups in total. The molecule has 7 rings (SSSR count). The number of quaternary nitrogens is 1. The summed E-state index contributed by atoms with van der Waals surface area (Å²) in [5, 5.41) is 19.8. The molecule has 2 bridgehead atoms. The van der Waals surface area contributed by atoms with Gasteiger partial charge in [0.15, 0.2) is 5.69 Å². The van der Waals surface area contributed by atoms with Crippen LogP contribution in [0, 0.1) is 17.0 Å². The summed E-state index contributed by atoms with van der Waals surface area (Å²) in [6.07, 6.45) is 0.691. The number of hydrogen-bond acceptors (Lipinski definition) is 4. The van der Waals surface area contributed by atoms with Crippen LogP contribution in [-0.4, -0.2) is 17.0 Å². The van der Waals surface area contributed by atoms with E-state index in [1.165, 1.54) is 17.0 Å². The maximum atomic E-state index is 14.0. The highest BCUT2D eigenvalue weighted by Crippen LogP contribution is 2.65. The summed E-state index contributed by atoms with van der Waals surface area (Å²) < 4.78 is 0. The maximum absolute atomic E-state index is 14.0. The average Bonchev–Trinajstić information content (AvgIpc) is 3.10. The van der Waals surface area contributed by atoms with Gasteiger partial charge in [-0.05, 0) is 34.7 Å². The normalized spacial score (nSPS) is 28.3. The van der Waals surface area contributed by atoms with E-state index in [0.717, 1.165) is 22.3 Å². The molecule has 3 aliphatic carbocycles. The molecule has 0 saturated carbocycles. The third-order valence-corrected chi connectivity index (χ3v) is 7.70. The molecule has 0 aromatic heterocycles. The Morgan fingerprint density at radius 3 is 2.16 bits per heavy atom.